The van der Waals surface area contributed by atoms with Gasteiger partial charge in [-0.1, -0.05) is 30.3 Å². The van der Waals surface area contributed by atoms with E-state index < -0.39 is 0 Å². The molecule has 1 saturated heterocycles. The van der Waals surface area contributed by atoms with Crippen LogP contribution in [0.25, 0.3) is 0 Å². The fourth-order valence-electron chi connectivity index (χ4n) is 3.38. The van der Waals surface area contributed by atoms with E-state index in [2.05, 4.69) is 41.8 Å². The van der Waals surface area contributed by atoms with Crippen molar-refractivity contribution in [1.29, 1.82) is 0 Å². The van der Waals surface area contributed by atoms with Gasteiger partial charge in [-0.15, -0.1) is 24.0 Å². The number of likely N-dealkylation sites (tertiary alicyclic amines) is 1. The van der Waals surface area contributed by atoms with E-state index in [0.29, 0.717) is 12.6 Å². The Morgan fingerprint density at radius 3 is 2.55 bits per heavy atom. The molecule has 1 aromatic carbocycles. The summed E-state index contributed by atoms with van der Waals surface area (Å²) in [5.41, 5.74) is 1.32. The second-order valence-corrected chi connectivity index (χ2v) is 7.42. The van der Waals surface area contributed by atoms with Crippen molar-refractivity contribution in [2.24, 2.45) is 4.99 Å². The van der Waals surface area contributed by atoms with Crippen LogP contribution in [0.3, 0.4) is 0 Å². The molecule has 176 valence electrons. The van der Waals surface area contributed by atoms with E-state index in [-0.39, 0.29) is 30.1 Å². The molecule has 31 heavy (non-hydrogen) atoms. The first-order chi connectivity index (χ1) is 14.7. The summed E-state index contributed by atoms with van der Waals surface area (Å²) in [6.07, 6.45) is 4.57. The van der Waals surface area contributed by atoms with Gasteiger partial charge < -0.3 is 25.0 Å². The zero-order chi connectivity index (χ0) is 21.4. The first-order valence-electron chi connectivity index (χ1n) is 11.3. The summed E-state index contributed by atoms with van der Waals surface area (Å²) in [6, 6.07) is 10.8. The lowest BCUT2D eigenvalue weighted by Gasteiger charge is -2.32. The molecule has 1 aliphatic rings. The molecule has 0 radical (unpaired) electrons. The van der Waals surface area contributed by atoms with Gasteiger partial charge in [-0.3, -0.25) is 4.99 Å². The molecule has 7 nitrogen and oxygen atoms in total. The van der Waals surface area contributed by atoms with Crippen molar-refractivity contribution in [3.63, 3.8) is 0 Å². The number of carbonyl (C=O) groups excluding carboxylic acids is 1. The molecule has 2 rings (SSSR count). The number of nitrogens with zero attached hydrogens (tertiary/aromatic N) is 2. The van der Waals surface area contributed by atoms with E-state index in [1.165, 1.54) is 5.56 Å². The number of nitrogens with one attached hydrogen (secondary N) is 2. The fraction of sp³-hybridized carbons (Fsp3) is 0.652. The minimum Gasteiger partial charge on any atom is -0.450 e. The van der Waals surface area contributed by atoms with Crippen molar-refractivity contribution < 1.29 is 14.3 Å². The Hall–Kier alpha value is -1.55. The number of amides is 1. The zero-order valence-corrected chi connectivity index (χ0v) is 21.3. The topological polar surface area (TPSA) is 75.2 Å². The maximum atomic E-state index is 11.8. The van der Waals surface area contributed by atoms with Crippen molar-refractivity contribution in [3.8, 4) is 0 Å². The molecule has 0 saturated carbocycles. The van der Waals surface area contributed by atoms with Gasteiger partial charge in [0.2, 0.25) is 0 Å². The molecule has 8 heteroatoms. The number of carbonyl (C=O) groups is 1. The summed E-state index contributed by atoms with van der Waals surface area (Å²) in [7, 11) is 0. The molecule has 0 bridgehead atoms. The summed E-state index contributed by atoms with van der Waals surface area (Å²) >= 11 is 0. The number of unbranched alkanes of at least 4 members (excludes halogenated alkanes) is 1. The minimum atomic E-state index is -0.206. The summed E-state index contributed by atoms with van der Waals surface area (Å²) in [4.78, 5) is 18.3. The Morgan fingerprint density at radius 2 is 1.87 bits per heavy atom. The normalized spacial score (nSPS) is 14.6. The minimum absolute atomic E-state index is 0. The number of hydrogen-bond acceptors (Lipinski definition) is 4. The van der Waals surface area contributed by atoms with Crippen LogP contribution < -0.4 is 10.6 Å². The van der Waals surface area contributed by atoms with Crippen molar-refractivity contribution in [2.75, 3.05) is 46.0 Å². The van der Waals surface area contributed by atoms with Crippen molar-refractivity contribution in [2.45, 2.75) is 52.0 Å². The highest BCUT2D eigenvalue weighted by Gasteiger charge is 2.23. The number of piperidine rings is 1. The number of benzene rings is 1. The van der Waals surface area contributed by atoms with Crippen LogP contribution in [0.15, 0.2) is 35.3 Å². The van der Waals surface area contributed by atoms with Crippen LogP contribution in [0.5, 0.6) is 0 Å². The predicted octanol–water partition coefficient (Wildman–Crippen LogP) is 3.82. The van der Waals surface area contributed by atoms with E-state index in [1.54, 1.807) is 4.90 Å². The molecule has 1 aliphatic heterocycles. The Labute approximate surface area is 204 Å². The Bertz CT molecular complexity index is 623. The molecular weight excluding hydrogens is 507 g/mol. The number of rotatable bonds is 11. The van der Waals surface area contributed by atoms with Gasteiger partial charge in [-0.25, -0.2) is 4.79 Å². The molecule has 1 aromatic rings. The number of halogens is 1. The van der Waals surface area contributed by atoms with Crippen LogP contribution in [-0.2, 0) is 15.9 Å². The third kappa shape index (κ3) is 11.6. The van der Waals surface area contributed by atoms with E-state index in [4.69, 9.17) is 14.5 Å². The molecule has 1 fully saturated rings. The summed E-state index contributed by atoms with van der Waals surface area (Å²) in [5, 5.41) is 6.82. The van der Waals surface area contributed by atoms with Gasteiger partial charge in [0.15, 0.2) is 5.96 Å². The quantitative estimate of drug-likeness (QED) is 0.191. The van der Waals surface area contributed by atoms with Crippen LogP contribution in [0.4, 0.5) is 4.79 Å². The monoisotopic (exact) mass is 546 g/mol. The third-order valence-corrected chi connectivity index (χ3v) is 5.05. The Kier molecular flexibility index (Phi) is 15.1. The summed E-state index contributed by atoms with van der Waals surface area (Å²) < 4.78 is 10.8. The van der Waals surface area contributed by atoms with Gasteiger partial charge in [0.05, 0.1) is 13.2 Å². The standard InChI is InChI=1S/C23H38N4O3.HI/c1-3-24-22(26-21-12-16-27(17-13-21)23(28)30-4-2)25-15-8-9-18-29-19-14-20-10-6-5-7-11-20;/h5-7,10-11,21H,3-4,8-9,12-19H2,1-2H3,(H2,24,25,26);1H. The largest absolute Gasteiger partial charge is 0.450 e. The maximum Gasteiger partial charge on any atom is 0.409 e. The van der Waals surface area contributed by atoms with Crippen LogP contribution in [-0.4, -0.2) is 69.0 Å². The molecule has 0 aliphatic carbocycles. The average molecular weight is 546 g/mol. The lowest BCUT2D eigenvalue weighted by molar-refractivity contribution is 0.0963. The molecule has 2 N–H and O–H groups in total. The van der Waals surface area contributed by atoms with Crippen molar-refractivity contribution in [1.82, 2.24) is 15.5 Å². The average Bonchev–Trinajstić information content (AvgIpc) is 2.77. The SMILES string of the molecule is CCNC(=NCCCCOCCc1ccccc1)NC1CCN(C(=O)OCC)CC1.I. The molecule has 0 atom stereocenters. The van der Waals surface area contributed by atoms with E-state index in [1.807, 2.05) is 13.0 Å². The highest BCUT2D eigenvalue weighted by atomic mass is 127. The van der Waals surface area contributed by atoms with Crippen molar-refractivity contribution >= 4 is 36.0 Å². The van der Waals surface area contributed by atoms with E-state index in [9.17, 15) is 4.79 Å². The molecule has 1 heterocycles. The lowest BCUT2D eigenvalue weighted by atomic mass is 10.1. The first kappa shape index (κ1) is 27.5. The predicted molar refractivity (Wildman–Crippen MR) is 136 cm³/mol. The van der Waals surface area contributed by atoms with E-state index >= 15 is 0 Å². The van der Waals surface area contributed by atoms with Crippen LogP contribution in [0.2, 0.25) is 0 Å². The van der Waals surface area contributed by atoms with Gasteiger partial charge in [-0.05, 0) is 51.5 Å². The van der Waals surface area contributed by atoms with Gasteiger partial charge in [0.25, 0.3) is 0 Å². The van der Waals surface area contributed by atoms with Crippen LogP contribution >= 0.6 is 24.0 Å². The highest BCUT2D eigenvalue weighted by Crippen LogP contribution is 2.11. The van der Waals surface area contributed by atoms with Gasteiger partial charge in [0, 0.05) is 38.8 Å². The number of aliphatic imine (C=N–C) groups is 1. The smallest absolute Gasteiger partial charge is 0.409 e. The molecule has 0 spiro atoms. The van der Waals surface area contributed by atoms with Crippen LogP contribution in [0, 0.1) is 0 Å². The summed E-state index contributed by atoms with van der Waals surface area (Å²) in [6.45, 7) is 8.91. The van der Waals surface area contributed by atoms with Crippen molar-refractivity contribution in [3.05, 3.63) is 35.9 Å². The number of hydrogen-bond donors (Lipinski definition) is 2. The summed E-state index contributed by atoms with van der Waals surface area (Å²) in [5.74, 6) is 0.858. The molecule has 0 aromatic heterocycles. The Morgan fingerprint density at radius 1 is 1.13 bits per heavy atom. The molecule has 1 amide bonds. The van der Waals surface area contributed by atoms with Crippen LogP contribution in [0.1, 0.15) is 45.1 Å². The second-order valence-electron chi connectivity index (χ2n) is 7.42. The molecular formula is C23H39IN4O3. The molecule has 0 unspecified atom stereocenters. The second kappa shape index (κ2) is 17.1. The lowest BCUT2D eigenvalue weighted by Crippen LogP contribution is -2.49. The first-order valence-corrected chi connectivity index (χ1v) is 11.3. The Balaban J connectivity index is 0.00000480. The number of ether oxygens (including phenoxy) is 2. The van der Waals surface area contributed by atoms with Gasteiger partial charge in [0.1, 0.15) is 0 Å². The maximum absolute atomic E-state index is 11.8. The van der Waals surface area contributed by atoms with Gasteiger partial charge >= 0.3 is 6.09 Å². The third-order valence-electron chi connectivity index (χ3n) is 5.05. The van der Waals surface area contributed by atoms with Gasteiger partial charge in [-0.2, -0.15) is 0 Å². The zero-order valence-electron chi connectivity index (χ0n) is 19.0. The fourth-order valence-corrected chi connectivity index (χ4v) is 3.38. The number of guanidine groups is 1. The highest BCUT2D eigenvalue weighted by molar-refractivity contribution is 14.0. The van der Waals surface area contributed by atoms with E-state index in [0.717, 1.165) is 77.5 Å².